The van der Waals surface area contributed by atoms with E-state index in [9.17, 15) is 5.11 Å². The van der Waals surface area contributed by atoms with Gasteiger partial charge < -0.3 is 9.84 Å². The Bertz CT molecular complexity index is 353. The van der Waals surface area contributed by atoms with Crippen LogP contribution < -0.4 is 0 Å². The average molecular weight is 272 g/mol. The topological polar surface area (TPSA) is 45.6 Å². The molecule has 2 atom stereocenters. The lowest BCUT2D eigenvalue weighted by Gasteiger charge is -2.26. The van der Waals surface area contributed by atoms with E-state index in [4.69, 9.17) is 4.74 Å². The van der Waals surface area contributed by atoms with Crippen molar-refractivity contribution in [3.05, 3.63) is 16.1 Å². The van der Waals surface area contributed by atoms with Crippen LogP contribution in [0.2, 0.25) is 0 Å². The summed E-state index contributed by atoms with van der Waals surface area (Å²) in [4.78, 5) is 6.80. The quantitative estimate of drug-likeness (QED) is 0.828. The predicted molar refractivity (Wildman–Crippen MR) is 74.8 cm³/mol. The molecule has 0 saturated carbocycles. The summed E-state index contributed by atoms with van der Waals surface area (Å²) in [6.45, 7) is 9.52. The fourth-order valence-electron chi connectivity index (χ4n) is 1.69. The van der Waals surface area contributed by atoms with Crippen LogP contribution in [0.15, 0.2) is 5.38 Å². The van der Waals surface area contributed by atoms with E-state index in [1.54, 1.807) is 18.4 Å². The summed E-state index contributed by atoms with van der Waals surface area (Å²) in [6.07, 6.45) is -0.267. The molecular formula is C13H24N2O2S. The van der Waals surface area contributed by atoms with Gasteiger partial charge in [-0.3, -0.25) is 4.90 Å². The molecule has 1 rings (SSSR count). The molecule has 2 unspecified atom stereocenters. The van der Waals surface area contributed by atoms with E-state index in [1.165, 1.54) is 0 Å². The van der Waals surface area contributed by atoms with Crippen molar-refractivity contribution >= 4 is 11.3 Å². The maximum atomic E-state index is 9.50. The summed E-state index contributed by atoms with van der Waals surface area (Å²) in [7, 11) is 1.69. The molecule has 104 valence electrons. The van der Waals surface area contributed by atoms with Crippen LogP contribution in [0.4, 0.5) is 0 Å². The molecular weight excluding hydrogens is 248 g/mol. The molecule has 0 saturated heterocycles. The second-order valence-electron chi connectivity index (χ2n) is 4.93. The van der Waals surface area contributed by atoms with Crippen molar-refractivity contribution in [2.45, 2.75) is 52.5 Å². The number of methoxy groups -OCH3 is 1. The minimum absolute atomic E-state index is 0.0491. The van der Waals surface area contributed by atoms with Crippen molar-refractivity contribution < 1.29 is 9.84 Å². The molecule has 18 heavy (non-hydrogen) atoms. The first-order valence-corrected chi connectivity index (χ1v) is 7.21. The van der Waals surface area contributed by atoms with Gasteiger partial charge in [-0.2, -0.15) is 0 Å². The third-order valence-electron chi connectivity index (χ3n) is 2.86. The maximum absolute atomic E-state index is 9.50. The lowest BCUT2D eigenvalue weighted by Crippen LogP contribution is -2.36. The predicted octanol–water partition coefficient (Wildman–Crippen LogP) is 2.44. The van der Waals surface area contributed by atoms with Gasteiger partial charge in [-0.25, -0.2) is 4.98 Å². The Morgan fingerprint density at radius 1 is 1.39 bits per heavy atom. The van der Waals surface area contributed by atoms with Crippen molar-refractivity contribution in [3.63, 3.8) is 0 Å². The number of ether oxygens (including phenoxy) is 1. The highest BCUT2D eigenvalue weighted by Crippen LogP contribution is 2.21. The Balaban J connectivity index is 2.66. The van der Waals surface area contributed by atoms with Crippen LogP contribution in [-0.2, 0) is 11.3 Å². The zero-order chi connectivity index (χ0) is 13.7. The van der Waals surface area contributed by atoms with E-state index in [2.05, 4.69) is 29.1 Å². The SMILES string of the molecule is COC(C)c1nc(CN(CC(C)O)C(C)C)cs1. The summed E-state index contributed by atoms with van der Waals surface area (Å²) in [5, 5.41) is 12.6. The van der Waals surface area contributed by atoms with E-state index in [0.29, 0.717) is 12.6 Å². The number of nitrogens with zero attached hydrogens (tertiary/aromatic N) is 2. The molecule has 1 heterocycles. The van der Waals surface area contributed by atoms with Crippen LogP contribution in [0, 0.1) is 0 Å². The second kappa shape index (κ2) is 7.19. The molecule has 0 fully saturated rings. The zero-order valence-electron chi connectivity index (χ0n) is 11.9. The van der Waals surface area contributed by atoms with Gasteiger partial charge in [0.2, 0.25) is 0 Å². The molecule has 0 aromatic carbocycles. The van der Waals surface area contributed by atoms with Gasteiger partial charge in [0.15, 0.2) is 0 Å². The largest absolute Gasteiger partial charge is 0.392 e. The summed E-state index contributed by atoms with van der Waals surface area (Å²) < 4.78 is 5.26. The van der Waals surface area contributed by atoms with Gasteiger partial charge in [0.05, 0.1) is 11.8 Å². The van der Waals surface area contributed by atoms with Crippen molar-refractivity contribution in [2.24, 2.45) is 0 Å². The Kier molecular flexibility index (Phi) is 6.21. The molecule has 5 heteroatoms. The van der Waals surface area contributed by atoms with E-state index >= 15 is 0 Å². The fourth-order valence-corrected chi connectivity index (χ4v) is 2.53. The van der Waals surface area contributed by atoms with Gasteiger partial charge in [-0.15, -0.1) is 11.3 Å². The van der Waals surface area contributed by atoms with Crippen molar-refractivity contribution in [1.82, 2.24) is 9.88 Å². The first-order chi connectivity index (χ1) is 8.43. The Morgan fingerprint density at radius 3 is 2.56 bits per heavy atom. The van der Waals surface area contributed by atoms with Gasteiger partial charge in [0, 0.05) is 31.6 Å². The number of aromatic nitrogens is 1. The molecule has 0 amide bonds. The van der Waals surface area contributed by atoms with Crippen molar-refractivity contribution in [2.75, 3.05) is 13.7 Å². The zero-order valence-corrected chi connectivity index (χ0v) is 12.7. The molecule has 0 bridgehead atoms. The maximum Gasteiger partial charge on any atom is 0.122 e. The second-order valence-corrected chi connectivity index (χ2v) is 5.82. The van der Waals surface area contributed by atoms with E-state index < -0.39 is 0 Å². The molecule has 0 aliphatic rings. The number of hydrogen-bond acceptors (Lipinski definition) is 5. The standard InChI is InChI=1S/C13H24N2O2S/c1-9(2)15(6-10(3)16)7-12-8-18-13(14-12)11(4)17-5/h8-11,16H,6-7H2,1-5H3. The average Bonchev–Trinajstić information content (AvgIpc) is 2.75. The van der Waals surface area contributed by atoms with Crippen LogP contribution in [0.3, 0.4) is 0 Å². The Labute approximate surface area is 114 Å². The normalized spacial score (nSPS) is 15.3. The highest BCUT2D eigenvalue weighted by atomic mass is 32.1. The lowest BCUT2D eigenvalue weighted by atomic mass is 10.2. The number of aliphatic hydroxyl groups excluding tert-OH is 1. The van der Waals surface area contributed by atoms with Crippen molar-refractivity contribution in [3.8, 4) is 0 Å². The number of aliphatic hydroxyl groups is 1. The summed E-state index contributed by atoms with van der Waals surface area (Å²) in [6, 6.07) is 0.393. The smallest absolute Gasteiger partial charge is 0.122 e. The van der Waals surface area contributed by atoms with Crippen LogP contribution in [-0.4, -0.2) is 40.8 Å². The first kappa shape index (κ1) is 15.6. The van der Waals surface area contributed by atoms with Gasteiger partial charge in [-0.05, 0) is 27.7 Å². The van der Waals surface area contributed by atoms with Gasteiger partial charge in [0.25, 0.3) is 0 Å². The van der Waals surface area contributed by atoms with Gasteiger partial charge in [0.1, 0.15) is 11.1 Å². The highest BCUT2D eigenvalue weighted by Gasteiger charge is 2.15. The Morgan fingerprint density at radius 2 is 2.06 bits per heavy atom. The molecule has 4 nitrogen and oxygen atoms in total. The lowest BCUT2D eigenvalue weighted by molar-refractivity contribution is 0.101. The molecule has 1 aromatic heterocycles. The minimum Gasteiger partial charge on any atom is -0.392 e. The summed E-state index contributed by atoms with van der Waals surface area (Å²) in [5.41, 5.74) is 1.05. The van der Waals surface area contributed by atoms with Crippen LogP contribution in [0.5, 0.6) is 0 Å². The van der Waals surface area contributed by atoms with Gasteiger partial charge in [-0.1, -0.05) is 0 Å². The minimum atomic E-state index is -0.316. The van der Waals surface area contributed by atoms with E-state index in [-0.39, 0.29) is 12.2 Å². The first-order valence-electron chi connectivity index (χ1n) is 6.33. The molecule has 0 aliphatic carbocycles. The van der Waals surface area contributed by atoms with Crippen LogP contribution >= 0.6 is 11.3 Å². The number of hydrogen-bond donors (Lipinski definition) is 1. The third-order valence-corrected chi connectivity index (χ3v) is 3.92. The molecule has 1 N–H and O–H groups in total. The van der Waals surface area contributed by atoms with E-state index in [0.717, 1.165) is 17.2 Å². The molecule has 0 aliphatic heterocycles. The van der Waals surface area contributed by atoms with Crippen LogP contribution in [0.25, 0.3) is 0 Å². The highest BCUT2D eigenvalue weighted by molar-refractivity contribution is 7.09. The summed E-state index contributed by atoms with van der Waals surface area (Å²) in [5.74, 6) is 0. The van der Waals surface area contributed by atoms with Crippen molar-refractivity contribution in [1.29, 1.82) is 0 Å². The molecule has 0 spiro atoms. The Hall–Kier alpha value is -0.490. The fraction of sp³-hybridized carbons (Fsp3) is 0.769. The molecule has 0 radical (unpaired) electrons. The monoisotopic (exact) mass is 272 g/mol. The third kappa shape index (κ3) is 4.65. The number of thiazole rings is 1. The van der Waals surface area contributed by atoms with Gasteiger partial charge >= 0.3 is 0 Å². The number of rotatable bonds is 7. The summed E-state index contributed by atoms with van der Waals surface area (Å²) >= 11 is 1.63. The molecule has 1 aromatic rings. The van der Waals surface area contributed by atoms with Crippen LogP contribution in [0.1, 0.15) is 44.5 Å². The van der Waals surface area contributed by atoms with E-state index in [1.807, 2.05) is 13.8 Å².